The van der Waals surface area contributed by atoms with E-state index in [4.69, 9.17) is 23.2 Å². The van der Waals surface area contributed by atoms with Crippen molar-refractivity contribution in [3.8, 4) is 0 Å². The van der Waals surface area contributed by atoms with Gasteiger partial charge in [0.1, 0.15) is 0 Å². The molecule has 1 aromatic rings. The standard InChI is InChI=1S/C17H24Cl2N2O/c1-12(11-20-2)17(22)21-7-5-13(6-8-21)9-14-10-15(18)3-4-16(14)19/h3-4,10,12-13,20H,5-9,11H2,1-2H3. The molecule has 1 aliphatic rings. The summed E-state index contributed by atoms with van der Waals surface area (Å²) < 4.78 is 0. The van der Waals surface area contributed by atoms with Gasteiger partial charge < -0.3 is 10.2 Å². The Morgan fingerprint density at radius 2 is 2.05 bits per heavy atom. The molecule has 2 rings (SSSR count). The fraction of sp³-hybridized carbons (Fsp3) is 0.588. The number of halogens is 2. The second-order valence-corrected chi connectivity index (χ2v) is 7.01. The van der Waals surface area contributed by atoms with Crippen molar-refractivity contribution in [3.63, 3.8) is 0 Å². The molecular formula is C17H24Cl2N2O. The van der Waals surface area contributed by atoms with Crippen LogP contribution in [0, 0.1) is 11.8 Å². The highest BCUT2D eigenvalue weighted by Gasteiger charge is 2.26. The van der Waals surface area contributed by atoms with Crippen LogP contribution in [0.4, 0.5) is 0 Å². The molecule has 0 aliphatic carbocycles. The fourth-order valence-electron chi connectivity index (χ4n) is 3.07. The van der Waals surface area contributed by atoms with Crippen LogP contribution in [0.2, 0.25) is 10.0 Å². The molecule has 1 saturated heterocycles. The molecular weight excluding hydrogens is 319 g/mol. The molecule has 0 aromatic heterocycles. The van der Waals surface area contributed by atoms with Crippen LogP contribution < -0.4 is 5.32 Å². The molecule has 0 radical (unpaired) electrons. The van der Waals surface area contributed by atoms with E-state index in [2.05, 4.69) is 5.32 Å². The molecule has 122 valence electrons. The highest BCUT2D eigenvalue weighted by Crippen LogP contribution is 2.28. The number of nitrogens with one attached hydrogen (secondary N) is 1. The van der Waals surface area contributed by atoms with E-state index < -0.39 is 0 Å². The first-order chi connectivity index (χ1) is 10.5. The molecule has 1 N–H and O–H groups in total. The van der Waals surface area contributed by atoms with E-state index in [9.17, 15) is 4.79 Å². The molecule has 0 saturated carbocycles. The molecule has 1 aromatic carbocycles. The summed E-state index contributed by atoms with van der Waals surface area (Å²) in [5, 5.41) is 4.58. The van der Waals surface area contributed by atoms with Crippen molar-refractivity contribution in [3.05, 3.63) is 33.8 Å². The average molecular weight is 343 g/mol. The highest BCUT2D eigenvalue weighted by molar-refractivity contribution is 6.33. The third kappa shape index (κ3) is 4.61. The van der Waals surface area contributed by atoms with Crippen molar-refractivity contribution >= 4 is 29.1 Å². The van der Waals surface area contributed by atoms with Crippen LogP contribution in [-0.4, -0.2) is 37.5 Å². The van der Waals surface area contributed by atoms with E-state index in [1.54, 1.807) is 0 Å². The third-order valence-electron chi connectivity index (χ3n) is 4.37. The maximum atomic E-state index is 12.3. The quantitative estimate of drug-likeness (QED) is 0.885. The summed E-state index contributed by atoms with van der Waals surface area (Å²) in [7, 11) is 1.88. The van der Waals surface area contributed by atoms with Crippen LogP contribution in [0.5, 0.6) is 0 Å². The number of likely N-dealkylation sites (tertiary alicyclic amines) is 1. The number of rotatable bonds is 5. The fourth-order valence-corrected chi connectivity index (χ4v) is 3.46. The number of nitrogens with zero attached hydrogens (tertiary/aromatic N) is 1. The minimum absolute atomic E-state index is 0.0453. The molecule has 22 heavy (non-hydrogen) atoms. The van der Waals surface area contributed by atoms with Crippen molar-refractivity contribution < 1.29 is 4.79 Å². The second-order valence-electron chi connectivity index (χ2n) is 6.17. The predicted octanol–water partition coefficient (Wildman–Crippen LogP) is 3.63. The monoisotopic (exact) mass is 342 g/mol. The smallest absolute Gasteiger partial charge is 0.226 e. The molecule has 1 heterocycles. The molecule has 1 aliphatic heterocycles. The summed E-state index contributed by atoms with van der Waals surface area (Å²) in [5.74, 6) is 0.872. The largest absolute Gasteiger partial charge is 0.342 e. The zero-order valence-electron chi connectivity index (χ0n) is 13.2. The van der Waals surface area contributed by atoms with Crippen LogP contribution in [0.3, 0.4) is 0 Å². The van der Waals surface area contributed by atoms with Crippen LogP contribution in [-0.2, 0) is 11.2 Å². The Morgan fingerprint density at radius 3 is 2.68 bits per heavy atom. The summed E-state index contributed by atoms with van der Waals surface area (Å²) in [6.45, 7) is 4.40. The first-order valence-corrected chi connectivity index (χ1v) is 8.64. The zero-order valence-corrected chi connectivity index (χ0v) is 14.8. The maximum Gasteiger partial charge on any atom is 0.226 e. The molecule has 3 nitrogen and oxygen atoms in total. The Bertz CT molecular complexity index is 513. The lowest BCUT2D eigenvalue weighted by molar-refractivity contribution is -0.136. The lowest BCUT2D eigenvalue weighted by Gasteiger charge is -2.33. The van der Waals surface area contributed by atoms with Crippen LogP contribution in [0.25, 0.3) is 0 Å². The number of carbonyl (C=O) groups is 1. The lowest BCUT2D eigenvalue weighted by Crippen LogP contribution is -2.43. The van der Waals surface area contributed by atoms with Gasteiger partial charge in [-0.05, 0) is 56.0 Å². The topological polar surface area (TPSA) is 32.3 Å². The van der Waals surface area contributed by atoms with E-state index in [0.717, 1.165) is 54.5 Å². The molecule has 1 amide bonds. The molecule has 1 atom stereocenters. The first-order valence-electron chi connectivity index (χ1n) is 7.88. The SMILES string of the molecule is CNCC(C)C(=O)N1CCC(Cc2cc(Cl)ccc2Cl)CC1. The number of benzene rings is 1. The van der Waals surface area contributed by atoms with Gasteiger partial charge in [0.2, 0.25) is 5.91 Å². The zero-order chi connectivity index (χ0) is 16.1. The predicted molar refractivity (Wildman–Crippen MR) is 92.6 cm³/mol. The van der Waals surface area contributed by atoms with Crippen LogP contribution >= 0.6 is 23.2 Å². The Labute approximate surface area is 143 Å². The van der Waals surface area contributed by atoms with Gasteiger partial charge in [0.25, 0.3) is 0 Å². The van der Waals surface area contributed by atoms with Gasteiger partial charge in [0.15, 0.2) is 0 Å². The number of hydrogen-bond donors (Lipinski definition) is 1. The highest BCUT2D eigenvalue weighted by atomic mass is 35.5. The van der Waals surface area contributed by atoms with Crippen LogP contribution in [0.1, 0.15) is 25.3 Å². The molecule has 1 fully saturated rings. The van der Waals surface area contributed by atoms with Gasteiger partial charge in [0, 0.05) is 35.6 Å². The van der Waals surface area contributed by atoms with Gasteiger partial charge in [-0.1, -0.05) is 30.1 Å². The van der Waals surface area contributed by atoms with E-state index in [-0.39, 0.29) is 11.8 Å². The summed E-state index contributed by atoms with van der Waals surface area (Å²) in [6.07, 6.45) is 3.00. The molecule has 1 unspecified atom stereocenters. The lowest BCUT2D eigenvalue weighted by atomic mass is 9.89. The van der Waals surface area contributed by atoms with Gasteiger partial charge in [-0.15, -0.1) is 0 Å². The summed E-state index contributed by atoms with van der Waals surface area (Å²) >= 11 is 12.3. The average Bonchev–Trinajstić information content (AvgIpc) is 2.51. The Kier molecular flexibility index (Phi) is 6.54. The number of piperidine rings is 1. The Hall–Kier alpha value is -0.770. The normalized spacial score (nSPS) is 17.5. The van der Waals surface area contributed by atoms with Crippen molar-refractivity contribution in [2.24, 2.45) is 11.8 Å². The van der Waals surface area contributed by atoms with Crippen LogP contribution in [0.15, 0.2) is 18.2 Å². The maximum absolute atomic E-state index is 12.3. The van der Waals surface area contributed by atoms with E-state index >= 15 is 0 Å². The van der Waals surface area contributed by atoms with E-state index in [1.807, 2.05) is 37.1 Å². The number of hydrogen-bond acceptors (Lipinski definition) is 2. The molecule has 0 spiro atoms. The molecule has 0 bridgehead atoms. The number of amides is 1. The van der Waals surface area contributed by atoms with Gasteiger partial charge in [0.05, 0.1) is 0 Å². The van der Waals surface area contributed by atoms with Gasteiger partial charge in [-0.25, -0.2) is 0 Å². The number of carbonyl (C=O) groups excluding carboxylic acids is 1. The molecule has 5 heteroatoms. The Balaban J connectivity index is 1.87. The van der Waals surface area contributed by atoms with Crippen molar-refractivity contribution in [2.45, 2.75) is 26.2 Å². The van der Waals surface area contributed by atoms with Gasteiger partial charge in [-0.2, -0.15) is 0 Å². The van der Waals surface area contributed by atoms with E-state index in [1.165, 1.54) is 0 Å². The van der Waals surface area contributed by atoms with E-state index in [0.29, 0.717) is 5.92 Å². The summed E-state index contributed by atoms with van der Waals surface area (Å²) in [5.41, 5.74) is 1.11. The van der Waals surface area contributed by atoms with Crippen molar-refractivity contribution in [1.82, 2.24) is 10.2 Å². The van der Waals surface area contributed by atoms with Crippen molar-refractivity contribution in [1.29, 1.82) is 0 Å². The summed E-state index contributed by atoms with van der Waals surface area (Å²) in [4.78, 5) is 14.3. The Morgan fingerprint density at radius 1 is 1.36 bits per heavy atom. The third-order valence-corrected chi connectivity index (χ3v) is 4.98. The first kappa shape index (κ1) is 17.6. The minimum atomic E-state index is 0.0453. The minimum Gasteiger partial charge on any atom is -0.342 e. The van der Waals surface area contributed by atoms with Gasteiger partial charge in [-0.3, -0.25) is 4.79 Å². The van der Waals surface area contributed by atoms with Crippen molar-refractivity contribution in [2.75, 3.05) is 26.7 Å². The summed E-state index contributed by atoms with van der Waals surface area (Å²) in [6, 6.07) is 5.63. The second kappa shape index (κ2) is 8.19. The van der Waals surface area contributed by atoms with Gasteiger partial charge >= 0.3 is 0 Å².